The third kappa shape index (κ3) is 3.57. The second-order valence-corrected chi connectivity index (χ2v) is 5.52. The Bertz CT molecular complexity index is 836. The van der Waals surface area contributed by atoms with Gasteiger partial charge >= 0.3 is 0 Å². The summed E-state index contributed by atoms with van der Waals surface area (Å²) in [5, 5.41) is 5.10. The summed E-state index contributed by atoms with van der Waals surface area (Å²) in [5.41, 5.74) is 1.19. The van der Waals surface area contributed by atoms with Crippen LogP contribution in [-0.2, 0) is 6.54 Å². The number of carbonyl (C=O) groups is 1. The van der Waals surface area contributed by atoms with Crippen LogP contribution >= 0.6 is 11.3 Å². The molecule has 116 valence electrons. The first-order valence-electron chi connectivity index (χ1n) is 6.72. The quantitative estimate of drug-likeness (QED) is 0.797. The van der Waals surface area contributed by atoms with Crippen molar-refractivity contribution in [3.63, 3.8) is 0 Å². The Kier molecular flexibility index (Phi) is 4.38. The summed E-state index contributed by atoms with van der Waals surface area (Å²) in [7, 11) is 0. The highest BCUT2D eigenvalue weighted by atomic mass is 32.1. The van der Waals surface area contributed by atoms with Crippen LogP contribution < -0.4 is 5.32 Å². The minimum Gasteiger partial charge on any atom is -0.346 e. The number of amides is 1. The van der Waals surface area contributed by atoms with Crippen molar-refractivity contribution in [3.05, 3.63) is 70.9 Å². The molecule has 0 atom stereocenters. The van der Waals surface area contributed by atoms with E-state index in [1.165, 1.54) is 11.3 Å². The van der Waals surface area contributed by atoms with Crippen molar-refractivity contribution in [1.82, 2.24) is 15.3 Å². The van der Waals surface area contributed by atoms with E-state index in [2.05, 4.69) is 15.3 Å². The van der Waals surface area contributed by atoms with Gasteiger partial charge in [0.05, 0.1) is 23.5 Å². The average Bonchev–Trinajstić information content (AvgIpc) is 3.02. The van der Waals surface area contributed by atoms with Gasteiger partial charge in [-0.2, -0.15) is 0 Å². The number of benzene rings is 1. The monoisotopic (exact) mass is 331 g/mol. The van der Waals surface area contributed by atoms with Gasteiger partial charge in [0.2, 0.25) is 0 Å². The summed E-state index contributed by atoms with van der Waals surface area (Å²) in [5.74, 6) is -2.23. The molecule has 7 heteroatoms. The molecule has 0 bridgehead atoms. The number of nitrogens with zero attached hydrogens (tertiary/aromatic N) is 2. The number of thiazole rings is 1. The van der Waals surface area contributed by atoms with Gasteiger partial charge in [-0.15, -0.1) is 11.3 Å². The highest BCUT2D eigenvalue weighted by Crippen LogP contribution is 2.21. The third-order valence-corrected chi connectivity index (χ3v) is 3.96. The van der Waals surface area contributed by atoms with Gasteiger partial charge in [0.15, 0.2) is 0 Å². The summed E-state index contributed by atoms with van der Waals surface area (Å²) in [6.45, 7) is 0.152. The number of pyridine rings is 1. The summed E-state index contributed by atoms with van der Waals surface area (Å²) in [6.07, 6.45) is 1.68. The molecule has 4 nitrogen and oxygen atoms in total. The van der Waals surface area contributed by atoms with Gasteiger partial charge < -0.3 is 5.32 Å². The number of rotatable bonds is 4. The molecular weight excluding hydrogens is 320 g/mol. The molecule has 1 aromatic carbocycles. The van der Waals surface area contributed by atoms with Crippen molar-refractivity contribution in [2.75, 3.05) is 0 Å². The highest BCUT2D eigenvalue weighted by Gasteiger charge is 2.13. The second-order valence-electron chi connectivity index (χ2n) is 4.67. The molecule has 0 aliphatic heterocycles. The lowest BCUT2D eigenvalue weighted by Gasteiger charge is -2.04. The number of carbonyl (C=O) groups excluding carboxylic acids is 1. The topological polar surface area (TPSA) is 54.9 Å². The Morgan fingerprint density at radius 2 is 2.09 bits per heavy atom. The average molecular weight is 331 g/mol. The fourth-order valence-electron chi connectivity index (χ4n) is 1.93. The van der Waals surface area contributed by atoms with E-state index in [1.54, 1.807) is 11.6 Å². The van der Waals surface area contributed by atoms with E-state index in [4.69, 9.17) is 0 Å². The van der Waals surface area contributed by atoms with Gasteiger partial charge in [0.25, 0.3) is 5.91 Å². The highest BCUT2D eigenvalue weighted by molar-refractivity contribution is 7.13. The fourth-order valence-corrected chi connectivity index (χ4v) is 2.73. The minimum absolute atomic E-state index is 0.152. The molecule has 0 radical (unpaired) electrons. The first-order chi connectivity index (χ1) is 11.1. The Labute approximate surface area is 134 Å². The van der Waals surface area contributed by atoms with E-state index in [1.807, 2.05) is 18.2 Å². The predicted octanol–water partition coefficient (Wildman–Crippen LogP) is 3.41. The zero-order chi connectivity index (χ0) is 16.2. The van der Waals surface area contributed by atoms with Gasteiger partial charge in [-0.3, -0.25) is 9.78 Å². The van der Waals surface area contributed by atoms with Gasteiger partial charge in [0.1, 0.15) is 16.6 Å². The van der Waals surface area contributed by atoms with E-state index in [0.29, 0.717) is 11.8 Å². The standard InChI is InChI=1S/C16H11F2N3OS/c17-10-4-5-12(13(18)7-10)15(22)20-8-11-9-23-16(21-11)14-3-1-2-6-19-14/h1-7,9H,8H2,(H,20,22). The van der Waals surface area contributed by atoms with Crippen LogP contribution in [0.3, 0.4) is 0 Å². The number of aromatic nitrogens is 2. The van der Waals surface area contributed by atoms with Gasteiger partial charge in [0, 0.05) is 17.6 Å². The minimum atomic E-state index is -0.894. The zero-order valence-electron chi connectivity index (χ0n) is 11.8. The van der Waals surface area contributed by atoms with Gasteiger partial charge in [-0.05, 0) is 24.3 Å². The summed E-state index contributed by atoms with van der Waals surface area (Å²) in [4.78, 5) is 20.5. The summed E-state index contributed by atoms with van der Waals surface area (Å²) >= 11 is 1.41. The van der Waals surface area contributed by atoms with E-state index in [-0.39, 0.29) is 12.1 Å². The van der Waals surface area contributed by atoms with Crippen molar-refractivity contribution >= 4 is 17.2 Å². The molecule has 3 aromatic rings. The number of hydrogen-bond donors (Lipinski definition) is 1. The van der Waals surface area contributed by atoms with Crippen LogP contribution in [0.15, 0.2) is 48.0 Å². The summed E-state index contributed by atoms with van der Waals surface area (Å²) < 4.78 is 26.4. The maximum Gasteiger partial charge on any atom is 0.254 e. The Hall–Kier alpha value is -2.67. The van der Waals surface area contributed by atoms with E-state index >= 15 is 0 Å². The van der Waals surface area contributed by atoms with Crippen molar-refractivity contribution in [2.45, 2.75) is 6.54 Å². The molecule has 0 saturated heterocycles. The van der Waals surface area contributed by atoms with Crippen LogP contribution in [0.1, 0.15) is 16.1 Å². The number of nitrogens with one attached hydrogen (secondary N) is 1. The molecule has 0 aliphatic rings. The predicted molar refractivity (Wildman–Crippen MR) is 82.9 cm³/mol. The molecule has 0 unspecified atom stereocenters. The van der Waals surface area contributed by atoms with Crippen molar-refractivity contribution in [1.29, 1.82) is 0 Å². The van der Waals surface area contributed by atoms with Crippen LogP contribution in [-0.4, -0.2) is 15.9 Å². The fraction of sp³-hybridized carbons (Fsp3) is 0.0625. The third-order valence-electron chi connectivity index (χ3n) is 3.04. The molecule has 0 saturated carbocycles. The van der Waals surface area contributed by atoms with Gasteiger partial charge in [-0.25, -0.2) is 13.8 Å². The summed E-state index contributed by atoms with van der Waals surface area (Å²) in [6, 6.07) is 8.35. The Morgan fingerprint density at radius 3 is 2.83 bits per heavy atom. The number of hydrogen-bond acceptors (Lipinski definition) is 4. The molecule has 2 aromatic heterocycles. The first-order valence-corrected chi connectivity index (χ1v) is 7.60. The lowest BCUT2D eigenvalue weighted by atomic mass is 10.2. The van der Waals surface area contributed by atoms with Crippen LogP contribution in [0.4, 0.5) is 8.78 Å². The molecule has 0 fully saturated rings. The largest absolute Gasteiger partial charge is 0.346 e. The maximum atomic E-state index is 13.5. The molecule has 1 N–H and O–H groups in total. The lowest BCUT2D eigenvalue weighted by molar-refractivity contribution is 0.0946. The van der Waals surface area contributed by atoms with E-state index in [0.717, 1.165) is 22.8 Å². The SMILES string of the molecule is O=C(NCc1csc(-c2ccccn2)n1)c1ccc(F)cc1F. The van der Waals surface area contributed by atoms with E-state index in [9.17, 15) is 13.6 Å². The normalized spacial score (nSPS) is 10.5. The van der Waals surface area contributed by atoms with Crippen molar-refractivity contribution in [2.24, 2.45) is 0 Å². The van der Waals surface area contributed by atoms with E-state index < -0.39 is 17.5 Å². The van der Waals surface area contributed by atoms with Crippen LogP contribution in [0, 0.1) is 11.6 Å². The smallest absolute Gasteiger partial charge is 0.254 e. The second kappa shape index (κ2) is 6.62. The molecule has 23 heavy (non-hydrogen) atoms. The Morgan fingerprint density at radius 1 is 1.22 bits per heavy atom. The lowest BCUT2D eigenvalue weighted by Crippen LogP contribution is -2.24. The molecular formula is C16H11F2N3OS. The maximum absolute atomic E-state index is 13.5. The van der Waals surface area contributed by atoms with Crippen LogP contribution in [0.25, 0.3) is 10.7 Å². The van der Waals surface area contributed by atoms with Gasteiger partial charge in [-0.1, -0.05) is 6.07 Å². The molecule has 1 amide bonds. The first kappa shape index (κ1) is 15.2. The van der Waals surface area contributed by atoms with Crippen LogP contribution in [0.5, 0.6) is 0 Å². The molecule has 0 aliphatic carbocycles. The zero-order valence-corrected chi connectivity index (χ0v) is 12.6. The van der Waals surface area contributed by atoms with Crippen molar-refractivity contribution in [3.8, 4) is 10.7 Å². The van der Waals surface area contributed by atoms with Crippen LogP contribution in [0.2, 0.25) is 0 Å². The number of halogens is 2. The molecule has 2 heterocycles. The molecule has 3 rings (SSSR count). The molecule has 0 spiro atoms. The Balaban J connectivity index is 1.67. The van der Waals surface area contributed by atoms with Crippen molar-refractivity contribution < 1.29 is 13.6 Å².